The van der Waals surface area contributed by atoms with E-state index < -0.39 is 0 Å². The molecule has 0 saturated heterocycles. The minimum atomic E-state index is -0.239. The molecule has 0 aliphatic rings. The first-order valence-corrected chi connectivity index (χ1v) is 5.64. The molecule has 2 aromatic carbocycles. The van der Waals surface area contributed by atoms with Crippen molar-refractivity contribution in [1.82, 2.24) is 0 Å². The summed E-state index contributed by atoms with van der Waals surface area (Å²) < 4.78 is 18.9. The van der Waals surface area contributed by atoms with Crippen LogP contribution in [0.4, 0.5) is 4.39 Å². The van der Waals surface area contributed by atoms with E-state index in [2.05, 4.69) is 0 Å². The summed E-state index contributed by atoms with van der Waals surface area (Å²) in [5.74, 6) is 0.356. The highest BCUT2D eigenvalue weighted by molar-refractivity contribution is 5.65. The molecular formula is C15H13FO2. The van der Waals surface area contributed by atoms with Crippen LogP contribution in [0.25, 0.3) is 11.1 Å². The van der Waals surface area contributed by atoms with Gasteiger partial charge < -0.3 is 4.74 Å². The second-order valence-electron chi connectivity index (χ2n) is 3.99. The molecule has 2 rings (SSSR count). The summed E-state index contributed by atoms with van der Waals surface area (Å²) in [7, 11) is 0. The number of rotatable bonds is 4. The first-order valence-electron chi connectivity index (χ1n) is 5.64. The number of carbonyl (C=O) groups excluding carboxylic acids is 1. The van der Waals surface area contributed by atoms with E-state index in [1.54, 1.807) is 30.3 Å². The fourth-order valence-corrected chi connectivity index (χ4v) is 1.72. The Morgan fingerprint density at radius 3 is 2.50 bits per heavy atom. The van der Waals surface area contributed by atoms with Crippen molar-refractivity contribution in [3.05, 3.63) is 53.8 Å². The molecule has 0 saturated carbocycles. The summed E-state index contributed by atoms with van der Waals surface area (Å²) >= 11 is 0. The van der Waals surface area contributed by atoms with E-state index in [1.165, 1.54) is 6.07 Å². The normalized spacial score (nSPS) is 10.1. The Labute approximate surface area is 105 Å². The topological polar surface area (TPSA) is 26.3 Å². The summed E-state index contributed by atoms with van der Waals surface area (Å²) in [5.41, 5.74) is 2.23. The lowest BCUT2D eigenvalue weighted by molar-refractivity contribution is -0.109. The predicted molar refractivity (Wildman–Crippen MR) is 68.1 cm³/mol. The summed E-state index contributed by atoms with van der Waals surface area (Å²) in [6.45, 7) is 1.88. The monoisotopic (exact) mass is 244 g/mol. The third-order valence-corrected chi connectivity index (χ3v) is 2.61. The van der Waals surface area contributed by atoms with Gasteiger partial charge in [-0.2, -0.15) is 0 Å². The number of halogens is 1. The Bertz CT molecular complexity index is 547. The summed E-state index contributed by atoms with van der Waals surface area (Å²) in [4.78, 5) is 10.2. The fraction of sp³-hybridized carbons (Fsp3) is 0.133. The van der Waals surface area contributed by atoms with Crippen LogP contribution in [0.5, 0.6) is 5.75 Å². The van der Waals surface area contributed by atoms with Gasteiger partial charge in [0.1, 0.15) is 18.2 Å². The fourth-order valence-electron chi connectivity index (χ4n) is 1.72. The molecule has 3 heteroatoms. The Balaban J connectivity index is 2.25. The van der Waals surface area contributed by atoms with Crippen molar-refractivity contribution >= 4 is 6.29 Å². The number of hydrogen-bond donors (Lipinski definition) is 0. The predicted octanol–water partition coefficient (Wildman–Crippen LogP) is 3.38. The van der Waals surface area contributed by atoms with E-state index in [9.17, 15) is 9.18 Å². The summed E-state index contributed by atoms with van der Waals surface area (Å²) in [5, 5.41) is 0. The van der Waals surface area contributed by atoms with E-state index in [0.717, 1.165) is 11.1 Å². The van der Waals surface area contributed by atoms with E-state index in [1.807, 2.05) is 13.0 Å². The smallest absolute Gasteiger partial charge is 0.157 e. The van der Waals surface area contributed by atoms with Gasteiger partial charge in [-0.1, -0.05) is 24.3 Å². The van der Waals surface area contributed by atoms with Crippen molar-refractivity contribution in [2.45, 2.75) is 6.92 Å². The molecular weight excluding hydrogens is 231 g/mol. The maximum absolute atomic E-state index is 13.8. The highest BCUT2D eigenvalue weighted by Gasteiger charge is 2.05. The molecule has 0 N–H and O–H groups in total. The van der Waals surface area contributed by atoms with Crippen LogP contribution < -0.4 is 4.74 Å². The van der Waals surface area contributed by atoms with Crippen LogP contribution in [-0.2, 0) is 4.79 Å². The number of hydrogen-bond acceptors (Lipinski definition) is 2. The molecule has 0 bridgehead atoms. The number of benzene rings is 2. The van der Waals surface area contributed by atoms with Crippen molar-refractivity contribution in [2.24, 2.45) is 0 Å². The van der Waals surface area contributed by atoms with Crippen LogP contribution in [0.15, 0.2) is 42.5 Å². The van der Waals surface area contributed by atoms with E-state index in [0.29, 0.717) is 17.6 Å². The van der Waals surface area contributed by atoms with Gasteiger partial charge in [0, 0.05) is 5.56 Å². The third-order valence-electron chi connectivity index (χ3n) is 2.61. The Morgan fingerprint density at radius 2 is 1.89 bits per heavy atom. The Hall–Kier alpha value is -2.16. The highest BCUT2D eigenvalue weighted by atomic mass is 19.1. The number of aldehydes is 1. The van der Waals surface area contributed by atoms with Crippen LogP contribution in [0.2, 0.25) is 0 Å². The van der Waals surface area contributed by atoms with Gasteiger partial charge in [0.2, 0.25) is 0 Å². The lowest BCUT2D eigenvalue weighted by atomic mass is 10.0. The maximum Gasteiger partial charge on any atom is 0.157 e. The van der Waals surface area contributed by atoms with Gasteiger partial charge in [-0.05, 0) is 36.2 Å². The van der Waals surface area contributed by atoms with Crippen molar-refractivity contribution in [3.8, 4) is 16.9 Å². The molecule has 92 valence electrons. The van der Waals surface area contributed by atoms with E-state index in [-0.39, 0.29) is 12.4 Å². The first kappa shape index (κ1) is 12.3. The van der Waals surface area contributed by atoms with Gasteiger partial charge in [0.05, 0.1) is 0 Å². The average molecular weight is 244 g/mol. The van der Waals surface area contributed by atoms with Crippen LogP contribution in [0.3, 0.4) is 0 Å². The minimum absolute atomic E-state index is 0.0260. The standard InChI is InChI=1S/C15H13FO2/c1-11-2-7-14(15(16)10-11)12-3-5-13(6-4-12)18-9-8-17/h2-8,10H,9H2,1H3. The van der Waals surface area contributed by atoms with Crippen LogP contribution in [-0.4, -0.2) is 12.9 Å². The first-order chi connectivity index (χ1) is 8.70. The van der Waals surface area contributed by atoms with Crippen LogP contribution >= 0.6 is 0 Å². The number of aryl methyl sites for hydroxylation is 1. The molecule has 0 radical (unpaired) electrons. The van der Waals surface area contributed by atoms with Gasteiger partial charge in [-0.15, -0.1) is 0 Å². The zero-order valence-electron chi connectivity index (χ0n) is 10.0. The molecule has 18 heavy (non-hydrogen) atoms. The SMILES string of the molecule is Cc1ccc(-c2ccc(OCC=O)cc2)c(F)c1. The second-order valence-corrected chi connectivity index (χ2v) is 3.99. The molecule has 0 aliphatic heterocycles. The van der Waals surface area contributed by atoms with Crippen molar-refractivity contribution in [1.29, 1.82) is 0 Å². The second kappa shape index (κ2) is 5.45. The average Bonchev–Trinajstić information content (AvgIpc) is 2.37. The van der Waals surface area contributed by atoms with Crippen molar-refractivity contribution in [3.63, 3.8) is 0 Å². The van der Waals surface area contributed by atoms with Gasteiger partial charge in [-0.3, -0.25) is 4.79 Å². The molecule has 0 atom stereocenters. The van der Waals surface area contributed by atoms with Crippen molar-refractivity contribution in [2.75, 3.05) is 6.61 Å². The molecule has 2 aromatic rings. The summed E-state index contributed by atoms with van der Waals surface area (Å²) in [6.07, 6.45) is 0.688. The van der Waals surface area contributed by atoms with E-state index in [4.69, 9.17) is 4.74 Å². The van der Waals surface area contributed by atoms with Crippen molar-refractivity contribution < 1.29 is 13.9 Å². The summed E-state index contributed by atoms with van der Waals surface area (Å²) in [6, 6.07) is 12.1. The maximum atomic E-state index is 13.8. The molecule has 2 nitrogen and oxygen atoms in total. The number of carbonyl (C=O) groups is 1. The zero-order chi connectivity index (χ0) is 13.0. The van der Waals surface area contributed by atoms with Crippen LogP contribution in [0, 0.1) is 12.7 Å². The lowest BCUT2D eigenvalue weighted by Crippen LogP contribution is -1.97. The molecule has 0 unspecified atom stereocenters. The van der Waals surface area contributed by atoms with Gasteiger partial charge in [0.15, 0.2) is 6.29 Å². The highest BCUT2D eigenvalue weighted by Crippen LogP contribution is 2.25. The molecule has 0 fully saturated rings. The molecule has 0 aromatic heterocycles. The van der Waals surface area contributed by atoms with Gasteiger partial charge >= 0.3 is 0 Å². The molecule has 0 spiro atoms. The van der Waals surface area contributed by atoms with Crippen LogP contribution in [0.1, 0.15) is 5.56 Å². The molecule has 0 aliphatic carbocycles. The number of ether oxygens (including phenoxy) is 1. The lowest BCUT2D eigenvalue weighted by Gasteiger charge is -2.06. The van der Waals surface area contributed by atoms with Gasteiger partial charge in [-0.25, -0.2) is 4.39 Å². The zero-order valence-corrected chi connectivity index (χ0v) is 10.0. The van der Waals surface area contributed by atoms with Gasteiger partial charge in [0.25, 0.3) is 0 Å². The molecule has 0 heterocycles. The largest absolute Gasteiger partial charge is 0.486 e. The van der Waals surface area contributed by atoms with E-state index >= 15 is 0 Å². The minimum Gasteiger partial charge on any atom is -0.486 e. The Morgan fingerprint density at radius 1 is 1.17 bits per heavy atom. The Kier molecular flexibility index (Phi) is 3.72. The third kappa shape index (κ3) is 2.74. The molecule has 0 amide bonds. The quantitative estimate of drug-likeness (QED) is 0.771.